The molecule has 1 amide bonds. The standard InChI is InChI=1S/C72H137NO3/c1-3-5-7-9-11-13-15-17-19-21-23-25-27-29-31-32-33-34-35-36-37-38-39-40-42-44-46-48-50-52-54-56-58-60-62-64-66-68-72(76)73-70(69-74)71(75)67-65-63-61-59-57-55-53-51-49-47-45-43-41-30-28-26-24-22-20-18-16-14-12-10-8-6-4-2/h15,17,21,23,57,59,65,67,70-71,74-75H,3-14,16,18-20,22,24-56,58,60-64,66,68-69H2,1-2H3,(H,73,76)/b17-15-,23-21-,59-57+,67-65+. The average molecular weight is 1060 g/mol. The lowest BCUT2D eigenvalue weighted by atomic mass is 10.0. The van der Waals surface area contributed by atoms with E-state index < -0.39 is 12.1 Å². The lowest BCUT2D eigenvalue weighted by molar-refractivity contribution is -0.123. The normalized spacial score (nSPS) is 12.9. The van der Waals surface area contributed by atoms with Gasteiger partial charge in [-0.15, -0.1) is 0 Å². The zero-order valence-electron chi connectivity index (χ0n) is 51.8. The first-order chi connectivity index (χ1) is 37.7. The van der Waals surface area contributed by atoms with Gasteiger partial charge in [0.25, 0.3) is 0 Å². The number of unbranched alkanes of at least 4 members (excludes halogenated alkanes) is 52. The van der Waals surface area contributed by atoms with Gasteiger partial charge in [-0.05, 0) is 64.2 Å². The second kappa shape index (κ2) is 67.6. The van der Waals surface area contributed by atoms with Gasteiger partial charge in [-0.3, -0.25) is 4.79 Å². The number of allylic oxidation sites excluding steroid dienone is 7. The minimum atomic E-state index is -0.863. The second-order valence-electron chi connectivity index (χ2n) is 23.9. The van der Waals surface area contributed by atoms with Crippen LogP contribution in [0.15, 0.2) is 48.6 Å². The van der Waals surface area contributed by atoms with E-state index in [1.807, 2.05) is 6.08 Å². The van der Waals surface area contributed by atoms with Crippen LogP contribution in [0.25, 0.3) is 0 Å². The SMILES string of the molecule is CCCCCCC/C=C\C/C=C\CCCCCCCCCCCCCCCCCCCCCCCCCCCC(=O)NC(CO)C(O)/C=C/CC/C=C/CCCCCCCCCCCCCCCCCCCCCCC. The van der Waals surface area contributed by atoms with Crippen molar-refractivity contribution in [3.63, 3.8) is 0 Å². The number of carbonyl (C=O) groups is 1. The molecule has 0 aliphatic heterocycles. The van der Waals surface area contributed by atoms with Gasteiger partial charge in [-0.2, -0.15) is 0 Å². The summed E-state index contributed by atoms with van der Waals surface area (Å²) in [4.78, 5) is 12.5. The van der Waals surface area contributed by atoms with E-state index in [1.165, 1.54) is 327 Å². The van der Waals surface area contributed by atoms with Gasteiger partial charge in [-0.1, -0.05) is 364 Å². The Morgan fingerprint density at radius 2 is 0.553 bits per heavy atom. The third-order valence-electron chi connectivity index (χ3n) is 16.3. The van der Waals surface area contributed by atoms with E-state index in [-0.39, 0.29) is 12.5 Å². The smallest absolute Gasteiger partial charge is 0.220 e. The maximum Gasteiger partial charge on any atom is 0.220 e. The summed E-state index contributed by atoms with van der Waals surface area (Å²) >= 11 is 0. The second-order valence-corrected chi connectivity index (χ2v) is 23.9. The van der Waals surface area contributed by atoms with Crippen molar-refractivity contribution in [3.8, 4) is 0 Å². The molecule has 0 aliphatic rings. The summed E-state index contributed by atoms with van der Waals surface area (Å²) in [6.45, 7) is 4.33. The maximum absolute atomic E-state index is 12.5. The van der Waals surface area contributed by atoms with E-state index in [0.717, 1.165) is 38.5 Å². The van der Waals surface area contributed by atoms with E-state index in [9.17, 15) is 15.0 Å². The van der Waals surface area contributed by atoms with Crippen LogP contribution in [-0.4, -0.2) is 34.9 Å². The summed E-state index contributed by atoms with van der Waals surface area (Å²) in [6, 6.07) is -0.640. The van der Waals surface area contributed by atoms with E-state index in [4.69, 9.17) is 0 Å². The highest BCUT2D eigenvalue weighted by atomic mass is 16.3. The van der Waals surface area contributed by atoms with Crippen molar-refractivity contribution in [3.05, 3.63) is 48.6 Å². The molecule has 448 valence electrons. The van der Waals surface area contributed by atoms with Crippen LogP contribution < -0.4 is 5.32 Å². The molecule has 0 rings (SSSR count). The Morgan fingerprint density at radius 1 is 0.316 bits per heavy atom. The van der Waals surface area contributed by atoms with Gasteiger partial charge in [-0.25, -0.2) is 0 Å². The number of hydrogen-bond acceptors (Lipinski definition) is 3. The fourth-order valence-corrected chi connectivity index (χ4v) is 11.0. The first-order valence-corrected chi connectivity index (χ1v) is 34.9. The van der Waals surface area contributed by atoms with Gasteiger partial charge in [0.1, 0.15) is 0 Å². The van der Waals surface area contributed by atoms with Gasteiger partial charge in [0.2, 0.25) is 5.91 Å². The molecule has 4 nitrogen and oxygen atoms in total. The fourth-order valence-electron chi connectivity index (χ4n) is 11.0. The Kier molecular flexibility index (Phi) is 66.2. The first-order valence-electron chi connectivity index (χ1n) is 34.9. The van der Waals surface area contributed by atoms with Crippen molar-refractivity contribution in [1.82, 2.24) is 5.32 Å². The number of nitrogens with one attached hydrogen (secondary N) is 1. The van der Waals surface area contributed by atoms with Gasteiger partial charge in [0.05, 0.1) is 18.8 Å². The Morgan fingerprint density at radius 3 is 0.842 bits per heavy atom. The lowest BCUT2D eigenvalue weighted by Crippen LogP contribution is -2.45. The molecule has 4 heteroatoms. The summed E-state index contributed by atoms with van der Waals surface area (Å²) < 4.78 is 0. The van der Waals surface area contributed by atoms with Crippen LogP contribution in [0.1, 0.15) is 386 Å². The number of amides is 1. The highest BCUT2D eigenvalue weighted by molar-refractivity contribution is 5.76. The molecule has 0 saturated carbocycles. The molecule has 0 heterocycles. The van der Waals surface area contributed by atoms with Gasteiger partial charge in [0, 0.05) is 6.42 Å². The van der Waals surface area contributed by atoms with Crippen molar-refractivity contribution in [2.24, 2.45) is 0 Å². The monoisotopic (exact) mass is 1060 g/mol. The van der Waals surface area contributed by atoms with Crippen molar-refractivity contribution < 1.29 is 15.0 Å². The highest BCUT2D eigenvalue weighted by Crippen LogP contribution is 2.19. The van der Waals surface area contributed by atoms with Gasteiger partial charge < -0.3 is 15.5 Å². The van der Waals surface area contributed by atoms with Crippen molar-refractivity contribution in [1.29, 1.82) is 0 Å². The van der Waals surface area contributed by atoms with Crippen LogP contribution in [0.5, 0.6) is 0 Å². The third kappa shape index (κ3) is 63.2. The molecule has 0 radical (unpaired) electrons. The minimum absolute atomic E-state index is 0.0660. The van der Waals surface area contributed by atoms with Crippen LogP contribution in [0.4, 0.5) is 0 Å². The molecule has 0 fully saturated rings. The zero-order valence-corrected chi connectivity index (χ0v) is 51.8. The molecule has 2 atom stereocenters. The molecule has 76 heavy (non-hydrogen) atoms. The average Bonchev–Trinajstić information content (AvgIpc) is 3.42. The number of aliphatic hydroxyl groups excluding tert-OH is 2. The van der Waals surface area contributed by atoms with Crippen molar-refractivity contribution in [2.75, 3.05) is 6.61 Å². The quantitative estimate of drug-likeness (QED) is 0.0420. The van der Waals surface area contributed by atoms with E-state index in [1.54, 1.807) is 6.08 Å². The summed E-state index contributed by atoms with van der Waals surface area (Å²) in [7, 11) is 0. The number of aliphatic hydroxyl groups is 2. The molecule has 0 saturated heterocycles. The van der Waals surface area contributed by atoms with Crippen LogP contribution >= 0.6 is 0 Å². The van der Waals surface area contributed by atoms with Crippen LogP contribution in [0, 0.1) is 0 Å². The molecular weight excluding hydrogens is 927 g/mol. The van der Waals surface area contributed by atoms with E-state index in [2.05, 4.69) is 55.6 Å². The highest BCUT2D eigenvalue weighted by Gasteiger charge is 2.18. The van der Waals surface area contributed by atoms with Crippen molar-refractivity contribution in [2.45, 2.75) is 398 Å². The number of rotatable bonds is 65. The Balaban J connectivity index is 3.43. The predicted molar refractivity (Wildman–Crippen MR) is 341 cm³/mol. The Bertz CT molecular complexity index is 1210. The molecule has 3 N–H and O–H groups in total. The number of carbonyl (C=O) groups excluding carboxylic acids is 1. The largest absolute Gasteiger partial charge is 0.394 e. The van der Waals surface area contributed by atoms with Crippen LogP contribution in [0.2, 0.25) is 0 Å². The Hall–Kier alpha value is -1.65. The Labute approximate surface area is 477 Å². The molecule has 0 aromatic rings. The molecule has 0 bridgehead atoms. The third-order valence-corrected chi connectivity index (χ3v) is 16.3. The van der Waals surface area contributed by atoms with Crippen LogP contribution in [-0.2, 0) is 4.79 Å². The van der Waals surface area contributed by atoms with Crippen LogP contribution in [0.3, 0.4) is 0 Å². The fraction of sp³-hybridized carbons (Fsp3) is 0.875. The summed E-state index contributed by atoms with van der Waals surface area (Å²) in [6.07, 6.45) is 94.9. The topological polar surface area (TPSA) is 69.6 Å². The summed E-state index contributed by atoms with van der Waals surface area (Å²) in [5.41, 5.74) is 0. The minimum Gasteiger partial charge on any atom is -0.394 e. The summed E-state index contributed by atoms with van der Waals surface area (Å²) in [5.74, 6) is -0.0660. The maximum atomic E-state index is 12.5. The van der Waals surface area contributed by atoms with Crippen molar-refractivity contribution >= 4 is 5.91 Å². The first kappa shape index (κ1) is 74.3. The molecular formula is C72H137NO3. The van der Waals surface area contributed by atoms with Gasteiger partial charge >= 0.3 is 0 Å². The predicted octanol–water partition coefficient (Wildman–Crippen LogP) is 23.7. The molecule has 0 aliphatic carbocycles. The molecule has 0 aromatic heterocycles. The number of hydrogen-bond donors (Lipinski definition) is 3. The molecule has 2 unspecified atom stereocenters. The van der Waals surface area contributed by atoms with E-state index >= 15 is 0 Å². The molecule has 0 spiro atoms. The summed E-state index contributed by atoms with van der Waals surface area (Å²) in [5, 5.41) is 23.3. The van der Waals surface area contributed by atoms with E-state index in [0.29, 0.717) is 6.42 Å². The molecule has 0 aromatic carbocycles. The van der Waals surface area contributed by atoms with Gasteiger partial charge in [0.15, 0.2) is 0 Å². The zero-order chi connectivity index (χ0) is 54.8. The lowest BCUT2D eigenvalue weighted by Gasteiger charge is -2.19.